The lowest BCUT2D eigenvalue weighted by molar-refractivity contribution is -0.132. The number of allylic oxidation sites excluding steroid dienone is 2. The van der Waals surface area contributed by atoms with Crippen LogP contribution in [0.5, 0.6) is 0 Å². The van der Waals surface area contributed by atoms with Crippen LogP contribution in [0.25, 0.3) is 5.65 Å². The van der Waals surface area contributed by atoms with Gasteiger partial charge in [-0.3, -0.25) is 14.7 Å². The Hall–Kier alpha value is -2.41. The first kappa shape index (κ1) is 21.4. The maximum atomic E-state index is 13.0. The third-order valence-electron chi connectivity index (χ3n) is 7.65. The number of carbonyl (C=O) groups excluding carboxylic acids is 1. The Morgan fingerprint density at radius 2 is 1.97 bits per heavy atom. The fraction of sp³-hybridized carbons (Fsp3) is 0.640. The molecule has 2 saturated heterocycles. The third-order valence-corrected chi connectivity index (χ3v) is 7.65. The number of rotatable bonds is 5. The zero-order chi connectivity index (χ0) is 22.2. The van der Waals surface area contributed by atoms with Crippen LogP contribution in [0.3, 0.4) is 0 Å². The fourth-order valence-corrected chi connectivity index (χ4v) is 5.72. The first-order chi connectivity index (χ1) is 15.5. The molecule has 7 nitrogen and oxygen atoms in total. The molecule has 3 aliphatic rings. The smallest absolute Gasteiger partial charge is 0.272 e. The van der Waals surface area contributed by atoms with Crippen LogP contribution in [0, 0.1) is 5.92 Å². The SMILES string of the molecule is CC(C)N1CCC(c2cc(=O)n3[nH]c([C@H]4CCCN4C(=O)C[C@@H]4C=CCC4)cc3n2)CC1. The average Bonchev–Trinajstić information content (AvgIpc) is 3.53. The summed E-state index contributed by atoms with van der Waals surface area (Å²) in [5.41, 5.74) is 2.45. The van der Waals surface area contributed by atoms with Crippen LogP contribution in [-0.4, -0.2) is 56.0 Å². The Labute approximate surface area is 189 Å². The van der Waals surface area contributed by atoms with Gasteiger partial charge in [0.25, 0.3) is 5.56 Å². The van der Waals surface area contributed by atoms with Gasteiger partial charge in [0, 0.05) is 37.1 Å². The Kier molecular flexibility index (Phi) is 5.93. The molecule has 0 aromatic carbocycles. The van der Waals surface area contributed by atoms with Crippen molar-refractivity contribution >= 4 is 11.6 Å². The Morgan fingerprint density at radius 3 is 2.69 bits per heavy atom. The molecule has 2 aromatic heterocycles. The predicted octanol–water partition coefficient (Wildman–Crippen LogP) is 3.63. The van der Waals surface area contributed by atoms with Crippen molar-refractivity contribution in [2.45, 2.75) is 76.8 Å². The van der Waals surface area contributed by atoms with Crippen LogP contribution < -0.4 is 5.56 Å². The number of hydrogen-bond acceptors (Lipinski definition) is 4. The van der Waals surface area contributed by atoms with Gasteiger partial charge >= 0.3 is 0 Å². The number of fused-ring (bicyclic) bond motifs is 1. The van der Waals surface area contributed by atoms with Crippen molar-refractivity contribution in [3.05, 3.63) is 46.0 Å². The standard InChI is InChI=1S/C25H35N5O2/c1-17(2)28-12-9-19(10-13-28)20-16-25(32)30-23(26-20)15-21(27-30)22-8-5-11-29(22)24(31)14-18-6-3-4-7-18/h3,6,15-19,22,27H,4-5,7-14H2,1-2H3/t18-,22-/m1/s1. The van der Waals surface area contributed by atoms with Crippen LogP contribution >= 0.6 is 0 Å². The van der Waals surface area contributed by atoms with E-state index < -0.39 is 0 Å². The lowest BCUT2D eigenvalue weighted by Crippen LogP contribution is -2.38. The first-order valence-electron chi connectivity index (χ1n) is 12.3. The van der Waals surface area contributed by atoms with E-state index >= 15 is 0 Å². The molecule has 0 radical (unpaired) electrons. The van der Waals surface area contributed by atoms with E-state index in [1.165, 1.54) is 0 Å². The minimum absolute atomic E-state index is 0.00622. The molecule has 7 heteroatoms. The number of H-pyrrole nitrogens is 1. The van der Waals surface area contributed by atoms with E-state index in [1.54, 1.807) is 10.6 Å². The number of amides is 1. The molecular formula is C25H35N5O2. The second-order valence-electron chi connectivity index (χ2n) is 10.0. The van der Waals surface area contributed by atoms with Crippen LogP contribution in [-0.2, 0) is 4.79 Å². The summed E-state index contributed by atoms with van der Waals surface area (Å²) in [6, 6.07) is 4.25. The summed E-state index contributed by atoms with van der Waals surface area (Å²) in [5.74, 6) is 0.936. The highest BCUT2D eigenvalue weighted by atomic mass is 16.2. The average molecular weight is 438 g/mol. The Balaban J connectivity index is 1.35. The predicted molar refractivity (Wildman–Crippen MR) is 125 cm³/mol. The molecule has 5 rings (SSSR count). The van der Waals surface area contributed by atoms with Crippen molar-refractivity contribution in [2.75, 3.05) is 19.6 Å². The third kappa shape index (κ3) is 4.15. The largest absolute Gasteiger partial charge is 0.334 e. The molecule has 1 amide bonds. The van der Waals surface area contributed by atoms with Gasteiger partial charge in [0.05, 0.1) is 17.4 Å². The van der Waals surface area contributed by atoms with E-state index in [0.29, 0.717) is 29.9 Å². The van der Waals surface area contributed by atoms with Gasteiger partial charge in [-0.1, -0.05) is 12.2 Å². The first-order valence-corrected chi connectivity index (χ1v) is 12.3. The molecule has 2 aromatic rings. The monoisotopic (exact) mass is 437 g/mol. The molecule has 4 heterocycles. The minimum Gasteiger partial charge on any atom is -0.334 e. The lowest BCUT2D eigenvalue weighted by Gasteiger charge is -2.34. The van der Waals surface area contributed by atoms with Crippen LogP contribution in [0.15, 0.2) is 29.1 Å². The van der Waals surface area contributed by atoms with Gasteiger partial charge < -0.3 is 9.80 Å². The number of carbonyl (C=O) groups is 1. The number of likely N-dealkylation sites (tertiary alicyclic amines) is 2. The summed E-state index contributed by atoms with van der Waals surface area (Å²) in [5, 5.41) is 3.26. The van der Waals surface area contributed by atoms with Crippen molar-refractivity contribution in [3.63, 3.8) is 0 Å². The number of nitrogens with zero attached hydrogens (tertiary/aromatic N) is 4. The summed E-state index contributed by atoms with van der Waals surface area (Å²) in [4.78, 5) is 35.2. The van der Waals surface area contributed by atoms with Crippen molar-refractivity contribution in [3.8, 4) is 0 Å². The normalized spacial score (nSPS) is 24.9. The second-order valence-corrected chi connectivity index (χ2v) is 10.0. The summed E-state index contributed by atoms with van der Waals surface area (Å²) in [7, 11) is 0. The van der Waals surface area contributed by atoms with Crippen molar-refractivity contribution in [2.24, 2.45) is 5.92 Å². The van der Waals surface area contributed by atoms with Crippen molar-refractivity contribution in [1.29, 1.82) is 0 Å². The minimum atomic E-state index is -0.0606. The molecule has 0 saturated carbocycles. The van der Waals surface area contributed by atoms with Crippen molar-refractivity contribution in [1.82, 2.24) is 24.4 Å². The summed E-state index contributed by atoms with van der Waals surface area (Å²) >= 11 is 0. The molecular weight excluding hydrogens is 402 g/mol. The van der Waals surface area contributed by atoms with Gasteiger partial charge in [-0.25, -0.2) is 9.50 Å². The molecule has 2 fully saturated rings. The highest BCUT2D eigenvalue weighted by Gasteiger charge is 2.32. The van der Waals surface area contributed by atoms with E-state index in [4.69, 9.17) is 4.98 Å². The molecule has 172 valence electrons. The number of nitrogens with one attached hydrogen (secondary N) is 1. The number of hydrogen-bond donors (Lipinski definition) is 1. The van der Waals surface area contributed by atoms with E-state index in [1.807, 2.05) is 11.0 Å². The van der Waals surface area contributed by atoms with Gasteiger partial charge in [0.1, 0.15) is 0 Å². The zero-order valence-corrected chi connectivity index (χ0v) is 19.3. The van der Waals surface area contributed by atoms with Gasteiger partial charge in [0.2, 0.25) is 5.91 Å². The van der Waals surface area contributed by atoms with E-state index in [2.05, 4.69) is 36.0 Å². The van der Waals surface area contributed by atoms with Gasteiger partial charge in [-0.2, -0.15) is 0 Å². The lowest BCUT2D eigenvalue weighted by atomic mass is 9.92. The molecule has 32 heavy (non-hydrogen) atoms. The van der Waals surface area contributed by atoms with E-state index in [0.717, 1.165) is 69.5 Å². The molecule has 2 aliphatic heterocycles. The molecule has 0 bridgehead atoms. The van der Waals surface area contributed by atoms with Crippen LogP contribution in [0.2, 0.25) is 0 Å². The molecule has 1 aliphatic carbocycles. The van der Waals surface area contributed by atoms with Crippen LogP contribution in [0.4, 0.5) is 0 Å². The number of aromatic amines is 1. The molecule has 0 spiro atoms. The van der Waals surface area contributed by atoms with Gasteiger partial charge in [-0.15, -0.1) is 0 Å². The zero-order valence-electron chi connectivity index (χ0n) is 19.3. The van der Waals surface area contributed by atoms with Crippen molar-refractivity contribution < 1.29 is 4.79 Å². The summed E-state index contributed by atoms with van der Waals surface area (Å²) in [6.45, 7) is 7.37. The maximum Gasteiger partial charge on any atom is 0.272 e. The highest BCUT2D eigenvalue weighted by molar-refractivity contribution is 5.77. The number of aromatic nitrogens is 3. The quantitative estimate of drug-likeness (QED) is 0.725. The Morgan fingerprint density at radius 1 is 1.16 bits per heavy atom. The number of piperidine rings is 1. The van der Waals surface area contributed by atoms with Crippen LogP contribution in [0.1, 0.15) is 82.1 Å². The molecule has 2 atom stereocenters. The second kappa shape index (κ2) is 8.85. The Bertz CT molecular complexity index is 1060. The van der Waals surface area contributed by atoms with E-state index in [9.17, 15) is 9.59 Å². The summed E-state index contributed by atoms with van der Waals surface area (Å²) < 4.78 is 1.54. The maximum absolute atomic E-state index is 13.0. The van der Waals surface area contributed by atoms with Gasteiger partial charge in [-0.05, 0) is 71.4 Å². The van der Waals surface area contributed by atoms with Gasteiger partial charge in [0.15, 0.2) is 5.65 Å². The summed E-state index contributed by atoms with van der Waals surface area (Å²) in [6.07, 6.45) is 11.1. The van der Waals surface area contributed by atoms with E-state index in [-0.39, 0.29) is 17.5 Å². The highest BCUT2D eigenvalue weighted by Crippen LogP contribution is 2.34. The topological polar surface area (TPSA) is 73.7 Å². The molecule has 0 unspecified atom stereocenters. The fourth-order valence-electron chi connectivity index (χ4n) is 5.72. The molecule has 1 N–H and O–H groups in total.